The highest BCUT2D eigenvalue weighted by Crippen LogP contribution is 2.55. The van der Waals surface area contributed by atoms with Crippen molar-refractivity contribution in [3.63, 3.8) is 0 Å². The Kier molecular flexibility index (Phi) is 5.54. The fourth-order valence-electron chi connectivity index (χ4n) is 5.67. The van der Waals surface area contributed by atoms with Crippen molar-refractivity contribution in [2.45, 2.75) is 66.2 Å². The van der Waals surface area contributed by atoms with Crippen molar-refractivity contribution in [2.24, 2.45) is 10.8 Å². The monoisotopic (exact) mass is 451 g/mol. The van der Waals surface area contributed by atoms with E-state index in [9.17, 15) is 19.5 Å². The highest BCUT2D eigenvalue weighted by molar-refractivity contribution is 6.07. The molecule has 0 saturated carbocycles. The van der Waals surface area contributed by atoms with E-state index in [-0.39, 0.29) is 28.0 Å². The van der Waals surface area contributed by atoms with Gasteiger partial charge < -0.3 is 14.7 Å². The van der Waals surface area contributed by atoms with Crippen LogP contribution in [0.3, 0.4) is 0 Å². The minimum atomic E-state index is -1.05. The maximum atomic E-state index is 13.6. The molecule has 2 aliphatic carbocycles. The Labute approximate surface area is 195 Å². The molecule has 3 aliphatic rings. The van der Waals surface area contributed by atoms with E-state index >= 15 is 0 Å². The third kappa shape index (κ3) is 4.00. The molecule has 1 heterocycles. The van der Waals surface area contributed by atoms with Crippen molar-refractivity contribution >= 4 is 17.5 Å². The molecule has 0 spiro atoms. The number of allylic oxidation sites excluding steroid dienone is 4. The first-order valence-corrected chi connectivity index (χ1v) is 11.6. The van der Waals surface area contributed by atoms with E-state index in [4.69, 9.17) is 4.74 Å². The van der Waals surface area contributed by atoms with Gasteiger partial charge >= 0.3 is 5.97 Å². The number of benzene rings is 1. The molecule has 33 heavy (non-hydrogen) atoms. The van der Waals surface area contributed by atoms with Gasteiger partial charge in [-0.05, 0) is 48.8 Å². The number of carbonyl (C=O) groups excluding carboxylic acids is 2. The van der Waals surface area contributed by atoms with E-state index in [0.717, 1.165) is 24.2 Å². The van der Waals surface area contributed by atoms with Crippen molar-refractivity contribution in [2.75, 3.05) is 13.7 Å². The summed E-state index contributed by atoms with van der Waals surface area (Å²) in [5.41, 5.74) is 3.44. The molecule has 0 atom stereocenters. The number of carbonyl (C=O) groups is 3. The zero-order valence-corrected chi connectivity index (χ0v) is 20.4. The zero-order valence-electron chi connectivity index (χ0n) is 20.4. The van der Waals surface area contributed by atoms with Crippen LogP contribution in [0.1, 0.15) is 82.1 Å². The van der Waals surface area contributed by atoms with Gasteiger partial charge in [-0.2, -0.15) is 0 Å². The van der Waals surface area contributed by atoms with Crippen LogP contribution in [0.5, 0.6) is 5.75 Å². The van der Waals surface area contributed by atoms with Gasteiger partial charge in [-0.3, -0.25) is 9.59 Å². The number of ether oxygens (including phenoxy) is 1. The molecular weight excluding hydrogens is 418 g/mol. The summed E-state index contributed by atoms with van der Waals surface area (Å²) in [5.74, 6) is -1.11. The lowest BCUT2D eigenvalue weighted by Gasteiger charge is -2.48. The summed E-state index contributed by atoms with van der Waals surface area (Å²) >= 11 is 0. The van der Waals surface area contributed by atoms with Gasteiger partial charge in [0.15, 0.2) is 11.6 Å². The smallest absolute Gasteiger partial charge is 0.335 e. The molecule has 0 aromatic heterocycles. The van der Waals surface area contributed by atoms with E-state index in [2.05, 4.69) is 32.6 Å². The molecule has 0 unspecified atom stereocenters. The Morgan fingerprint density at radius 1 is 1.00 bits per heavy atom. The number of Topliss-reactive ketones (excluding diaryl/α,β-unsaturated/α-hetero) is 2. The normalized spacial score (nSPS) is 22.3. The number of rotatable bonds is 4. The molecule has 0 bridgehead atoms. The van der Waals surface area contributed by atoms with Gasteiger partial charge in [-0.1, -0.05) is 27.7 Å². The zero-order chi connectivity index (χ0) is 24.3. The van der Waals surface area contributed by atoms with E-state index < -0.39 is 11.9 Å². The summed E-state index contributed by atoms with van der Waals surface area (Å²) in [6.45, 7) is 10.6. The van der Waals surface area contributed by atoms with Crippen molar-refractivity contribution in [1.29, 1.82) is 0 Å². The maximum absolute atomic E-state index is 13.6. The molecule has 0 fully saturated rings. The van der Waals surface area contributed by atoms with Gasteiger partial charge in [0.25, 0.3) is 0 Å². The topological polar surface area (TPSA) is 83.9 Å². The largest absolute Gasteiger partial charge is 0.494 e. The lowest BCUT2D eigenvalue weighted by Crippen LogP contribution is -2.43. The average molecular weight is 452 g/mol. The molecular formula is C27H33NO5. The van der Waals surface area contributed by atoms with Crippen LogP contribution in [0, 0.1) is 10.8 Å². The van der Waals surface area contributed by atoms with Crippen LogP contribution in [0.4, 0.5) is 0 Å². The molecule has 4 rings (SSSR count). The lowest BCUT2D eigenvalue weighted by atomic mass is 9.63. The molecule has 176 valence electrons. The second kappa shape index (κ2) is 7.86. The van der Waals surface area contributed by atoms with E-state index in [1.54, 1.807) is 12.1 Å². The van der Waals surface area contributed by atoms with Crippen LogP contribution in [0.2, 0.25) is 0 Å². The molecule has 1 aromatic rings. The number of ketones is 2. The minimum absolute atomic E-state index is 0.0189. The second-order valence-corrected chi connectivity index (χ2v) is 11.1. The van der Waals surface area contributed by atoms with E-state index in [1.807, 2.05) is 14.0 Å². The van der Waals surface area contributed by atoms with Crippen LogP contribution in [-0.2, 0) is 9.59 Å². The van der Waals surface area contributed by atoms with Gasteiger partial charge in [0, 0.05) is 53.9 Å². The molecule has 0 saturated heterocycles. The van der Waals surface area contributed by atoms with E-state index in [1.165, 1.54) is 6.07 Å². The molecule has 1 aromatic carbocycles. The summed E-state index contributed by atoms with van der Waals surface area (Å²) in [4.78, 5) is 41.1. The summed E-state index contributed by atoms with van der Waals surface area (Å²) in [7, 11) is 1.96. The van der Waals surface area contributed by atoms with Gasteiger partial charge in [0.05, 0.1) is 12.2 Å². The first-order chi connectivity index (χ1) is 15.3. The molecule has 1 N–H and O–H groups in total. The van der Waals surface area contributed by atoms with Crippen molar-refractivity contribution in [3.05, 3.63) is 51.9 Å². The van der Waals surface area contributed by atoms with Crippen LogP contribution < -0.4 is 4.74 Å². The van der Waals surface area contributed by atoms with E-state index in [0.29, 0.717) is 41.9 Å². The number of hydrogen-bond donors (Lipinski definition) is 1. The van der Waals surface area contributed by atoms with Crippen molar-refractivity contribution in [1.82, 2.24) is 4.90 Å². The van der Waals surface area contributed by atoms with Gasteiger partial charge in [-0.25, -0.2) is 4.79 Å². The quantitative estimate of drug-likeness (QED) is 0.686. The molecule has 0 radical (unpaired) electrons. The number of carboxylic acids is 1. The highest BCUT2D eigenvalue weighted by atomic mass is 16.5. The van der Waals surface area contributed by atoms with Crippen LogP contribution in [0.25, 0.3) is 0 Å². The summed E-state index contributed by atoms with van der Waals surface area (Å²) < 4.78 is 5.89. The lowest BCUT2D eigenvalue weighted by molar-refractivity contribution is -0.119. The molecule has 0 amide bonds. The van der Waals surface area contributed by atoms with Crippen molar-refractivity contribution in [3.8, 4) is 5.75 Å². The Bertz CT molecular complexity index is 1070. The molecule has 1 aliphatic heterocycles. The van der Waals surface area contributed by atoms with Gasteiger partial charge in [-0.15, -0.1) is 0 Å². The average Bonchev–Trinajstić information content (AvgIpc) is 2.68. The van der Waals surface area contributed by atoms with Gasteiger partial charge in [0.2, 0.25) is 0 Å². The number of carboxylic acid groups (broad SMARTS) is 1. The number of hydrogen-bond acceptors (Lipinski definition) is 5. The first kappa shape index (κ1) is 23.3. The summed E-state index contributed by atoms with van der Waals surface area (Å²) in [6.07, 6.45) is 2.21. The third-order valence-electron chi connectivity index (χ3n) is 7.05. The number of nitrogens with zero attached hydrogens (tertiary/aromatic N) is 1. The van der Waals surface area contributed by atoms with Crippen LogP contribution in [-0.4, -0.2) is 41.2 Å². The molecule has 6 heteroatoms. The molecule has 6 nitrogen and oxygen atoms in total. The SMILES string of the molecule is CCOc1ccc(C(=O)O)cc1C1C2=C(CC(C)(C)CC2=O)N(C)C2=C1C(=O)CC(C)(C)C2. The van der Waals surface area contributed by atoms with Gasteiger partial charge in [0.1, 0.15) is 5.75 Å². The second-order valence-electron chi connectivity index (χ2n) is 11.1. The fourth-order valence-corrected chi connectivity index (χ4v) is 5.67. The summed E-state index contributed by atoms with van der Waals surface area (Å²) in [5, 5.41) is 9.67. The van der Waals surface area contributed by atoms with Crippen molar-refractivity contribution < 1.29 is 24.2 Å². The highest BCUT2D eigenvalue weighted by Gasteiger charge is 2.48. The number of aromatic carboxylic acids is 1. The Balaban J connectivity index is 2.03. The predicted octanol–water partition coefficient (Wildman–Crippen LogP) is 5.10. The fraction of sp³-hybridized carbons (Fsp3) is 0.519. The van der Waals surface area contributed by atoms with Crippen LogP contribution >= 0.6 is 0 Å². The summed E-state index contributed by atoms with van der Waals surface area (Å²) in [6, 6.07) is 4.74. The Morgan fingerprint density at radius 3 is 1.97 bits per heavy atom. The third-order valence-corrected chi connectivity index (χ3v) is 7.05. The maximum Gasteiger partial charge on any atom is 0.335 e. The Hall–Kier alpha value is -2.89. The Morgan fingerprint density at radius 2 is 1.52 bits per heavy atom. The standard InChI is InChI=1S/C27H33NO5/c1-7-33-21-9-8-15(25(31)32)10-16(21)22-23-17(11-26(2,3)13-19(23)29)28(6)18-12-27(4,5)14-20(30)24(18)22/h8-10,22H,7,11-14H2,1-6H3,(H,31,32). The van der Waals surface area contributed by atoms with Crippen LogP contribution in [0.15, 0.2) is 40.7 Å². The first-order valence-electron chi connectivity index (χ1n) is 11.6. The predicted molar refractivity (Wildman–Crippen MR) is 125 cm³/mol. The minimum Gasteiger partial charge on any atom is -0.494 e.